The lowest BCUT2D eigenvalue weighted by Gasteiger charge is -2.35. The topological polar surface area (TPSA) is 94.6 Å². The number of halogens is 1. The van der Waals surface area contributed by atoms with Crippen molar-refractivity contribution in [3.8, 4) is 11.1 Å². The molecule has 0 radical (unpaired) electrons. The minimum Gasteiger partial charge on any atom is -0.366 e. The van der Waals surface area contributed by atoms with Crippen LogP contribution in [-0.2, 0) is 16.6 Å². The Morgan fingerprint density at radius 3 is 2.61 bits per heavy atom. The molecule has 0 saturated carbocycles. The number of fused-ring (bicyclic) bond motifs is 2. The number of piperazine rings is 1. The predicted octanol–water partition coefficient (Wildman–Crippen LogP) is 5.22. The first-order chi connectivity index (χ1) is 21.1. The van der Waals surface area contributed by atoms with Crippen molar-refractivity contribution in [1.29, 1.82) is 0 Å². The third kappa shape index (κ3) is 6.31. The van der Waals surface area contributed by atoms with Crippen LogP contribution in [0.2, 0.25) is 0 Å². The van der Waals surface area contributed by atoms with E-state index < -0.39 is 10.0 Å². The van der Waals surface area contributed by atoms with E-state index in [9.17, 15) is 12.8 Å². The average Bonchev–Trinajstić information content (AvgIpc) is 3.37. The normalized spacial score (nSPS) is 15.8. The highest BCUT2D eigenvalue weighted by Gasteiger charge is 2.29. The number of thiazole rings is 1. The maximum absolute atomic E-state index is 14.5. The van der Waals surface area contributed by atoms with E-state index in [0.29, 0.717) is 43.2 Å². The molecule has 1 N–H and O–H groups in total. The van der Waals surface area contributed by atoms with Gasteiger partial charge in [0, 0.05) is 61.8 Å². The van der Waals surface area contributed by atoms with E-state index in [1.807, 2.05) is 50.2 Å². The van der Waals surface area contributed by atoms with Crippen molar-refractivity contribution in [1.82, 2.24) is 29.1 Å². The Balaban J connectivity index is 1.12. The molecule has 1 saturated heterocycles. The van der Waals surface area contributed by atoms with Gasteiger partial charge in [-0.3, -0.25) is 4.90 Å². The molecule has 0 aliphatic carbocycles. The number of anilines is 1. The second kappa shape index (κ2) is 12.4. The lowest BCUT2D eigenvalue weighted by atomic mass is 9.99. The summed E-state index contributed by atoms with van der Waals surface area (Å²) in [6.45, 7) is 7.41. The number of benzene rings is 3. The van der Waals surface area contributed by atoms with Gasteiger partial charge in [-0.15, -0.1) is 11.3 Å². The van der Waals surface area contributed by atoms with Crippen LogP contribution in [0.25, 0.3) is 32.2 Å². The van der Waals surface area contributed by atoms with Gasteiger partial charge in [0.25, 0.3) is 0 Å². The second-order valence-corrected chi connectivity index (χ2v) is 14.8. The number of para-hydroxylation sites is 1. The molecule has 0 bridgehead atoms. The Kier molecular flexibility index (Phi) is 8.62. The first kappa shape index (κ1) is 30.5. The van der Waals surface area contributed by atoms with E-state index >= 15 is 0 Å². The van der Waals surface area contributed by atoms with Gasteiger partial charge in [-0.1, -0.05) is 18.2 Å². The predicted molar refractivity (Wildman–Crippen MR) is 175 cm³/mol. The van der Waals surface area contributed by atoms with Crippen molar-refractivity contribution < 1.29 is 12.8 Å². The van der Waals surface area contributed by atoms with Gasteiger partial charge in [-0.25, -0.2) is 27.8 Å². The Bertz CT molecular complexity index is 1920. The molecular formula is C32H36FN7O2S2. The summed E-state index contributed by atoms with van der Waals surface area (Å²) in [5.74, 6) is 0.509. The van der Waals surface area contributed by atoms with Gasteiger partial charge in [0.1, 0.15) is 18.0 Å². The van der Waals surface area contributed by atoms with Crippen LogP contribution in [0.1, 0.15) is 17.5 Å². The monoisotopic (exact) mass is 633 g/mol. The molecule has 0 amide bonds. The van der Waals surface area contributed by atoms with Gasteiger partial charge in [-0.05, 0) is 69.9 Å². The van der Waals surface area contributed by atoms with Crippen LogP contribution in [0, 0.1) is 12.7 Å². The Hall–Kier alpha value is -3.55. The molecule has 1 atom stereocenters. The molecule has 6 rings (SSSR count). The minimum absolute atomic E-state index is 0.0504. The van der Waals surface area contributed by atoms with Crippen molar-refractivity contribution in [3.05, 3.63) is 77.3 Å². The lowest BCUT2D eigenvalue weighted by molar-refractivity contribution is 0.184. The summed E-state index contributed by atoms with van der Waals surface area (Å²) in [5.41, 5.74) is 4.08. The van der Waals surface area contributed by atoms with Crippen LogP contribution in [-0.4, -0.2) is 90.3 Å². The molecule has 0 spiro atoms. The van der Waals surface area contributed by atoms with E-state index in [1.165, 1.54) is 17.4 Å². The van der Waals surface area contributed by atoms with E-state index in [0.717, 1.165) is 49.6 Å². The van der Waals surface area contributed by atoms with Gasteiger partial charge in [0.05, 0.1) is 25.6 Å². The zero-order valence-electron chi connectivity index (χ0n) is 25.3. The van der Waals surface area contributed by atoms with Crippen molar-refractivity contribution in [2.45, 2.75) is 31.3 Å². The maximum atomic E-state index is 14.5. The SMILES string of the molecule is Cc1nc2ccc(S(=O)(=O)N3CCN(C[C@H](C)Nc4ncnc5c(-c6ccc(F)c(CN(C)C)c6)cccc45)CC3)cc2s1. The van der Waals surface area contributed by atoms with E-state index in [1.54, 1.807) is 34.9 Å². The quantitative estimate of drug-likeness (QED) is 0.236. The van der Waals surface area contributed by atoms with Crippen LogP contribution in [0.3, 0.4) is 0 Å². The Labute approximate surface area is 261 Å². The number of aromatic nitrogens is 3. The molecule has 3 heterocycles. The van der Waals surface area contributed by atoms with Crippen LogP contribution in [0.5, 0.6) is 0 Å². The fourth-order valence-corrected chi connectivity index (χ4v) is 8.18. The molecule has 1 aliphatic rings. The average molecular weight is 634 g/mol. The fourth-order valence-electron chi connectivity index (χ4n) is 5.79. The van der Waals surface area contributed by atoms with Crippen LogP contribution < -0.4 is 5.32 Å². The molecule has 3 aromatic carbocycles. The largest absolute Gasteiger partial charge is 0.366 e. The third-order valence-electron chi connectivity index (χ3n) is 7.86. The van der Waals surface area contributed by atoms with Gasteiger partial charge in [0.2, 0.25) is 10.0 Å². The van der Waals surface area contributed by atoms with Gasteiger partial charge in [0.15, 0.2) is 0 Å². The van der Waals surface area contributed by atoms with Crippen LogP contribution in [0.4, 0.5) is 10.2 Å². The summed E-state index contributed by atoms with van der Waals surface area (Å²) in [6, 6.07) is 16.4. The van der Waals surface area contributed by atoms with Crippen LogP contribution >= 0.6 is 11.3 Å². The molecule has 2 aromatic heterocycles. The highest BCUT2D eigenvalue weighted by Crippen LogP contribution is 2.32. The molecule has 44 heavy (non-hydrogen) atoms. The maximum Gasteiger partial charge on any atom is 0.243 e. The van der Waals surface area contributed by atoms with Crippen LogP contribution in [0.15, 0.2) is 65.8 Å². The molecule has 230 valence electrons. The Morgan fingerprint density at radius 2 is 1.84 bits per heavy atom. The summed E-state index contributed by atoms with van der Waals surface area (Å²) in [4.78, 5) is 18.1. The summed E-state index contributed by atoms with van der Waals surface area (Å²) < 4.78 is 43.7. The standard InChI is InChI=1S/C32H36FN7O2S2/c1-21(18-39-12-14-40(15-13-39)44(41,42)25-9-11-29-30(17-25)43-22(2)37-29)36-32-27-7-5-6-26(31(27)34-20-35-32)23-8-10-28(33)24(16-23)19-38(3)4/h5-11,16-17,20-21H,12-15,18-19H2,1-4H3,(H,34,35,36)/t21-/m0/s1. The van der Waals surface area contributed by atoms with Gasteiger partial charge < -0.3 is 10.2 Å². The fraction of sp³-hybridized carbons (Fsp3) is 0.344. The number of nitrogens with zero attached hydrogens (tertiary/aromatic N) is 6. The van der Waals surface area contributed by atoms with E-state index in [-0.39, 0.29) is 11.9 Å². The van der Waals surface area contributed by atoms with Gasteiger partial charge >= 0.3 is 0 Å². The molecule has 0 unspecified atom stereocenters. The van der Waals surface area contributed by atoms with E-state index in [2.05, 4.69) is 32.1 Å². The minimum atomic E-state index is -3.58. The summed E-state index contributed by atoms with van der Waals surface area (Å²) in [5, 5.41) is 5.36. The number of sulfonamides is 1. The molecule has 9 nitrogen and oxygen atoms in total. The molecule has 1 aliphatic heterocycles. The van der Waals surface area contributed by atoms with Crippen molar-refractivity contribution in [2.75, 3.05) is 52.1 Å². The highest BCUT2D eigenvalue weighted by atomic mass is 32.2. The third-order valence-corrected chi connectivity index (χ3v) is 10.7. The summed E-state index contributed by atoms with van der Waals surface area (Å²) in [6.07, 6.45) is 1.56. The molecule has 5 aromatic rings. The molecule has 1 fully saturated rings. The van der Waals surface area contributed by atoms with Gasteiger partial charge in [-0.2, -0.15) is 4.31 Å². The Morgan fingerprint density at radius 1 is 1.05 bits per heavy atom. The first-order valence-electron chi connectivity index (χ1n) is 14.6. The van der Waals surface area contributed by atoms with E-state index in [4.69, 9.17) is 0 Å². The first-order valence-corrected chi connectivity index (χ1v) is 16.9. The second-order valence-electron chi connectivity index (χ2n) is 11.6. The molecular weight excluding hydrogens is 598 g/mol. The van der Waals surface area contributed by atoms with Crippen molar-refractivity contribution in [2.24, 2.45) is 0 Å². The zero-order chi connectivity index (χ0) is 31.0. The van der Waals surface area contributed by atoms with Crippen molar-refractivity contribution >= 4 is 48.3 Å². The zero-order valence-corrected chi connectivity index (χ0v) is 26.9. The lowest BCUT2D eigenvalue weighted by Crippen LogP contribution is -2.50. The smallest absolute Gasteiger partial charge is 0.243 e. The number of hydrogen-bond acceptors (Lipinski definition) is 9. The number of rotatable bonds is 9. The number of hydrogen-bond donors (Lipinski definition) is 1. The number of aryl methyl sites for hydroxylation is 1. The summed E-state index contributed by atoms with van der Waals surface area (Å²) >= 11 is 1.51. The highest BCUT2D eigenvalue weighted by molar-refractivity contribution is 7.89. The number of nitrogens with one attached hydrogen (secondary N) is 1. The summed E-state index contributed by atoms with van der Waals surface area (Å²) in [7, 11) is 0.263. The van der Waals surface area contributed by atoms with Crippen molar-refractivity contribution in [3.63, 3.8) is 0 Å². The molecule has 12 heteroatoms.